The highest BCUT2D eigenvalue weighted by Crippen LogP contribution is 2.21. The molecular weight excluding hydrogens is 294 g/mol. The molecule has 0 radical (unpaired) electrons. The summed E-state index contributed by atoms with van der Waals surface area (Å²) in [6.07, 6.45) is 1.24. The number of hydrogen-bond acceptors (Lipinski definition) is 5. The number of amides is 1. The van der Waals surface area contributed by atoms with Crippen molar-refractivity contribution in [1.29, 1.82) is 5.26 Å². The third-order valence-corrected chi connectivity index (χ3v) is 3.47. The van der Waals surface area contributed by atoms with Crippen LogP contribution < -0.4 is 10.6 Å². The zero-order valence-corrected chi connectivity index (χ0v) is 13.4. The van der Waals surface area contributed by atoms with Gasteiger partial charge in [-0.1, -0.05) is 0 Å². The van der Waals surface area contributed by atoms with Gasteiger partial charge in [0, 0.05) is 30.5 Å². The number of carbonyl (C=O) groups excluding carboxylic acids is 1. The van der Waals surface area contributed by atoms with Crippen molar-refractivity contribution >= 4 is 17.5 Å². The first-order valence-electron chi connectivity index (χ1n) is 7.24. The second-order valence-electron chi connectivity index (χ2n) is 4.95. The molecule has 1 heterocycles. The van der Waals surface area contributed by atoms with Gasteiger partial charge in [0.1, 0.15) is 6.07 Å². The fourth-order valence-corrected chi connectivity index (χ4v) is 2.05. The molecule has 2 N–H and O–H groups in total. The molecule has 2 rings (SSSR count). The van der Waals surface area contributed by atoms with Gasteiger partial charge in [-0.3, -0.25) is 10.00 Å². The number of benzene rings is 1. The molecule has 2 aromatic rings. The zero-order chi connectivity index (χ0) is 16.8. The molecule has 0 spiro atoms. The molecular formula is C16H19N5O2. The Balaban J connectivity index is 2.08. The van der Waals surface area contributed by atoms with E-state index in [9.17, 15) is 10.1 Å². The highest BCUT2D eigenvalue weighted by atomic mass is 16.5. The summed E-state index contributed by atoms with van der Waals surface area (Å²) < 4.78 is 6.62. The Morgan fingerprint density at radius 3 is 2.87 bits per heavy atom. The standard InChI is InChI=1S/C16H19N5O2/c1-4-23-16(22)20-15-6-5-14(7-12(15)8-17)18-9-13-10-19-21(3)11(13)2/h5-7,10,18H,4,9H2,1-3H3,(H,20,22). The van der Waals surface area contributed by atoms with Crippen LogP contribution in [0.2, 0.25) is 0 Å². The van der Waals surface area contributed by atoms with Gasteiger partial charge in [-0.2, -0.15) is 10.4 Å². The Labute approximate surface area is 134 Å². The molecule has 0 bridgehead atoms. The predicted molar refractivity (Wildman–Crippen MR) is 87.1 cm³/mol. The highest BCUT2D eigenvalue weighted by Gasteiger charge is 2.09. The maximum absolute atomic E-state index is 11.4. The first kappa shape index (κ1) is 16.4. The predicted octanol–water partition coefficient (Wildman–Crippen LogP) is 2.78. The average molecular weight is 313 g/mol. The van der Waals surface area contributed by atoms with Gasteiger partial charge in [-0.05, 0) is 32.0 Å². The summed E-state index contributed by atoms with van der Waals surface area (Å²) in [7, 11) is 1.89. The molecule has 0 unspecified atom stereocenters. The monoisotopic (exact) mass is 313 g/mol. The minimum atomic E-state index is -0.573. The number of anilines is 2. The van der Waals surface area contributed by atoms with E-state index in [1.807, 2.05) is 24.9 Å². The minimum Gasteiger partial charge on any atom is -0.450 e. The third kappa shape index (κ3) is 4.01. The van der Waals surface area contributed by atoms with E-state index < -0.39 is 6.09 Å². The molecule has 120 valence electrons. The van der Waals surface area contributed by atoms with Crippen molar-refractivity contribution < 1.29 is 9.53 Å². The Morgan fingerprint density at radius 2 is 2.26 bits per heavy atom. The van der Waals surface area contributed by atoms with Crippen LogP contribution in [0.15, 0.2) is 24.4 Å². The van der Waals surface area contributed by atoms with Crippen LogP contribution in [-0.4, -0.2) is 22.5 Å². The van der Waals surface area contributed by atoms with E-state index in [-0.39, 0.29) is 6.61 Å². The van der Waals surface area contributed by atoms with E-state index in [0.717, 1.165) is 16.9 Å². The van der Waals surface area contributed by atoms with Gasteiger partial charge in [0.25, 0.3) is 0 Å². The first-order valence-corrected chi connectivity index (χ1v) is 7.24. The van der Waals surface area contributed by atoms with E-state index in [4.69, 9.17) is 4.74 Å². The number of nitrogens with zero attached hydrogens (tertiary/aromatic N) is 3. The van der Waals surface area contributed by atoms with E-state index >= 15 is 0 Å². The number of rotatable bonds is 5. The largest absolute Gasteiger partial charge is 0.450 e. The molecule has 0 fully saturated rings. The lowest BCUT2D eigenvalue weighted by Crippen LogP contribution is -2.14. The molecule has 1 aromatic carbocycles. The Morgan fingerprint density at radius 1 is 1.48 bits per heavy atom. The van der Waals surface area contributed by atoms with Crippen molar-refractivity contribution in [2.45, 2.75) is 20.4 Å². The minimum absolute atomic E-state index is 0.276. The van der Waals surface area contributed by atoms with Crippen LogP contribution >= 0.6 is 0 Å². The van der Waals surface area contributed by atoms with Crippen LogP contribution in [-0.2, 0) is 18.3 Å². The van der Waals surface area contributed by atoms with E-state index in [2.05, 4.69) is 21.8 Å². The van der Waals surface area contributed by atoms with Gasteiger partial charge < -0.3 is 10.1 Å². The molecule has 23 heavy (non-hydrogen) atoms. The highest BCUT2D eigenvalue weighted by molar-refractivity contribution is 5.87. The average Bonchev–Trinajstić information content (AvgIpc) is 2.86. The number of nitriles is 1. The SMILES string of the molecule is CCOC(=O)Nc1ccc(NCc2cnn(C)c2C)cc1C#N. The van der Waals surface area contributed by atoms with Gasteiger partial charge in [-0.25, -0.2) is 4.79 Å². The number of hydrogen-bond donors (Lipinski definition) is 2. The van der Waals surface area contributed by atoms with E-state index in [0.29, 0.717) is 17.8 Å². The molecule has 1 aromatic heterocycles. The lowest BCUT2D eigenvalue weighted by Gasteiger charge is -2.10. The number of carbonyl (C=O) groups is 1. The molecule has 0 saturated carbocycles. The molecule has 0 aliphatic carbocycles. The number of nitrogens with one attached hydrogen (secondary N) is 2. The lowest BCUT2D eigenvalue weighted by atomic mass is 10.1. The van der Waals surface area contributed by atoms with Crippen molar-refractivity contribution in [2.75, 3.05) is 17.2 Å². The summed E-state index contributed by atoms with van der Waals surface area (Å²) in [4.78, 5) is 11.4. The van der Waals surface area contributed by atoms with Crippen molar-refractivity contribution in [2.24, 2.45) is 7.05 Å². The lowest BCUT2D eigenvalue weighted by molar-refractivity contribution is 0.168. The Kier molecular flexibility index (Phi) is 5.20. The summed E-state index contributed by atoms with van der Waals surface area (Å²) in [6.45, 7) is 4.60. The van der Waals surface area contributed by atoms with Crippen molar-refractivity contribution in [1.82, 2.24) is 9.78 Å². The van der Waals surface area contributed by atoms with Crippen molar-refractivity contribution in [3.8, 4) is 6.07 Å². The normalized spacial score (nSPS) is 10.0. The number of ether oxygens (including phenoxy) is 1. The van der Waals surface area contributed by atoms with E-state index in [1.165, 1.54) is 0 Å². The first-order chi connectivity index (χ1) is 11.0. The van der Waals surface area contributed by atoms with Gasteiger partial charge >= 0.3 is 6.09 Å². The second-order valence-corrected chi connectivity index (χ2v) is 4.95. The van der Waals surface area contributed by atoms with Crippen LogP contribution in [0, 0.1) is 18.3 Å². The Bertz CT molecular complexity index is 745. The van der Waals surface area contributed by atoms with Gasteiger partial charge in [0.2, 0.25) is 0 Å². The fourth-order valence-electron chi connectivity index (χ4n) is 2.05. The maximum Gasteiger partial charge on any atom is 0.411 e. The zero-order valence-electron chi connectivity index (χ0n) is 13.4. The quantitative estimate of drug-likeness (QED) is 0.885. The molecule has 0 aliphatic rings. The molecule has 1 amide bonds. The van der Waals surface area contributed by atoms with Crippen molar-refractivity contribution in [3.63, 3.8) is 0 Å². The molecule has 0 aliphatic heterocycles. The second kappa shape index (κ2) is 7.31. The topological polar surface area (TPSA) is 92.0 Å². The van der Waals surface area contributed by atoms with Gasteiger partial charge in [-0.15, -0.1) is 0 Å². The molecule has 0 atom stereocenters. The third-order valence-electron chi connectivity index (χ3n) is 3.47. The summed E-state index contributed by atoms with van der Waals surface area (Å²) >= 11 is 0. The summed E-state index contributed by atoms with van der Waals surface area (Å²) in [6, 6.07) is 7.23. The molecule has 7 heteroatoms. The van der Waals surface area contributed by atoms with Gasteiger partial charge in [0.15, 0.2) is 0 Å². The van der Waals surface area contributed by atoms with Crippen LogP contribution in [0.5, 0.6) is 0 Å². The summed E-state index contributed by atoms with van der Waals surface area (Å²) in [5.41, 5.74) is 3.75. The van der Waals surface area contributed by atoms with Gasteiger partial charge in [0.05, 0.1) is 24.1 Å². The van der Waals surface area contributed by atoms with Crippen LogP contribution in [0.25, 0.3) is 0 Å². The Hall–Kier alpha value is -3.01. The van der Waals surface area contributed by atoms with E-state index in [1.54, 1.807) is 25.1 Å². The molecule has 0 saturated heterocycles. The van der Waals surface area contributed by atoms with Crippen molar-refractivity contribution in [3.05, 3.63) is 41.2 Å². The summed E-state index contributed by atoms with van der Waals surface area (Å²) in [5.74, 6) is 0. The van der Waals surface area contributed by atoms with Crippen LogP contribution in [0.3, 0.4) is 0 Å². The smallest absolute Gasteiger partial charge is 0.411 e. The van der Waals surface area contributed by atoms with Crippen LogP contribution in [0.1, 0.15) is 23.7 Å². The summed E-state index contributed by atoms with van der Waals surface area (Å²) in [5, 5.41) is 19.2. The maximum atomic E-state index is 11.4. The molecule has 7 nitrogen and oxygen atoms in total. The van der Waals surface area contributed by atoms with Crippen LogP contribution in [0.4, 0.5) is 16.2 Å². The number of aromatic nitrogens is 2. The number of aryl methyl sites for hydroxylation is 1. The fraction of sp³-hybridized carbons (Fsp3) is 0.312.